The number of hydrogen-bond acceptors (Lipinski definition) is 3. The van der Waals surface area contributed by atoms with Crippen LogP contribution < -0.4 is 11.1 Å². The van der Waals surface area contributed by atoms with Gasteiger partial charge in [-0.25, -0.2) is 0 Å². The normalized spacial score (nSPS) is 9.80. The van der Waals surface area contributed by atoms with Crippen LogP contribution in [0.5, 0.6) is 0 Å². The molecule has 82 valence electrons. The van der Waals surface area contributed by atoms with E-state index in [2.05, 4.69) is 10.4 Å². The van der Waals surface area contributed by atoms with Crippen molar-refractivity contribution in [3.63, 3.8) is 0 Å². The van der Waals surface area contributed by atoms with Gasteiger partial charge in [0.2, 0.25) is 0 Å². The summed E-state index contributed by atoms with van der Waals surface area (Å²) in [6, 6.07) is 0. The topological polar surface area (TPSA) is 72.9 Å². The molecule has 1 amide bonds. The Labute approximate surface area is 89.0 Å². The Morgan fingerprint density at radius 2 is 2.33 bits per heavy atom. The Kier molecular flexibility index (Phi) is 3.49. The summed E-state index contributed by atoms with van der Waals surface area (Å²) in [4.78, 5) is 11.6. The highest BCUT2D eigenvalue weighted by Gasteiger charge is 2.13. The second kappa shape index (κ2) is 4.63. The van der Waals surface area contributed by atoms with Crippen LogP contribution in [0, 0.1) is 0 Å². The van der Waals surface area contributed by atoms with Gasteiger partial charge in [-0.2, -0.15) is 5.10 Å². The van der Waals surface area contributed by atoms with Gasteiger partial charge in [0.25, 0.3) is 5.91 Å². The van der Waals surface area contributed by atoms with Crippen LogP contribution in [0.3, 0.4) is 0 Å². The monoisotopic (exact) mass is 208 g/mol. The molecule has 1 aromatic rings. The molecule has 3 N–H and O–H groups in total. The van der Waals surface area contributed by atoms with Gasteiger partial charge in [-0.1, -0.05) is 11.6 Å². The summed E-state index contributed by atoms with van der Waals surface area (Å²) >= 11 is 0. The maximum absolute atomic E-state index is 11.6. The molecular formula is C10H16N4O. The number of anilines is 1. The lowest BCUT2D eigenvalue weighted by Gasteiger charge is -2.03. The fourth-order valence-electron chi connectivity index (χ4n) is 1.16. The average molecular weight is 208 g/mol. The zero-order valence-corrected chi connectivity index (χ0v) is 9.24. The third-order valence-electron chi connectivity index (χ3n) is 1.96. The van der Waals surface area contributed by atoms with E-state index in [-0.39, 0.29) is 5.91 Å². The number of carbonyl (C=O) groups is 1. The van der Waals surface area contributed by atoms with E-state index >= 15 is 0 Å². The summed E-state index contributed by atoms with van der Waals surface area (Å²) in [6.45, 7) is 4.46. The Balaban J connectivity index is 2.66. The maximum Gasteiger partial charge on any atom is 0.271 e. The molecule has 0 aromatic carbocycles. The Hall–Kier alpha value is -1.78. The van der Waals surface area contributed by atoms with Crippen LogP contribution in [0.4, 0.5) is 5.69 Å². The predicted molar refractivity (Wildman–Crippen MR) is 59.4 cm³/mol. The summed E-state index contributed by atoms with van der Waals surface area (Å²) in [7, 11) is 1.69. The van der Waals surface area contributed by atoms with Crippen LogP contribution in [0.1, 0.15) is 24.3 Å². The average Bonchev–Trinajstić information content (AvgIpc) is 2.45. The predicted octanol–water partition coefficient (Wildman–Crippen LogP) is 0.698. The number of nitrogens with one attached hydrogen (secondary N) is 1. The first-order valence-corrected chi connectivity index (χ1v) is 4.71. The number of aromatic nitrogens is 2. The standard InChI is InChI=1S/C10H16N4O/c1-7(2)4-5-12-10(15)9-8(11)6-13-14(9)3/h4,6H,5,11H2,1-3H3,(H,12,15). The molecule has 0 unspecified atom stereocenters. The Morgan fingerprint density at radius 1 is 1.67 bits per heavy atom. The van der Waals surface area contributed by atoms with E-state index in [1.165, 1.54) is 10.9 Å². The van der Waals surface area contributed by atoms with Gasteiger partial charge in [0.05, 0.1) is 11.9 Å². The number of rotatable bonds is 3. The molecule has 0 fully saturated rings. The van der Waals surface area contributed by atoms with Crippen molar-refractivity contribution < 1.29 is 4.79 Å². The van der Waals surface area contributed by atoms with E-state index in [0.29, 0.717) is 17.9 Å². The Bertz CT molecular complexity index is 369. The van der Waals surface area contributed by atoms with Crippen molar-refractivity contribution in [2.75, 3.05) is 12.3 Å². The number of amides is 1. The van der Waals surface area contributed by atoms with Gasteiger partial charge in [0.15, 0.2) is 0 Å². The molecule has 1 rings (SSSR count). The molecule has 5 heteroatoms. The number of hydrogen-bond donors (Lipinski definition) is 2. The van der Waals surface area contributed by atoms with E-state index in [4.69, 9.17) is 5.73 Å². The summed E-state index contributed by atoms with van der Waals surface area (Å²) in [5.74, 6) is -0.204. The van der Waals surface area contributed by atoms with Crippen molar-refractivity contribution >= 4 is 11.6 Å². The fraction of sp³-hybridized carbons (Fsp3) is 0.400. The Morgan fingerprint density at radius 3 is 2.80 bits per heavy atom. The van der Waals surface area contributed by atoms with Crippen molar-refractivity contribution in [1.29, 1.82) is 0 Å². The summed E-state index contributed by atoms with van der Waals surface area (Å²) in [6.07, 6.45) is 3.40. The number of nitrogens with zero attached hydrogens (tertiary/aromatic N) is 2. The molecule has 0 bridgehead atoms. The van der Waals surface area contributed by atoms with Crippen LogP contribution in [0.2, 0.25) is 0 Å². The van der Waals surface area contributed by atoms with Crippen LogP contribution in [-0.4, -0.2) is 22.2 Å². The van der Waals surface area contributed by atoms with Crippen molar-refractivity contribution in [3.8, 4) is 0 Å². The first-order valence-electron chi connectivity index (χ1n) is 4.71. The summed E-state index contributed by atoms with van der Waals surface area (Å²) in [5, 5.41) is 6.64. The van der Waals surface area contributed by atoms with E-state index in [1.807, 2.05) is 19.9 Å². The van der Waals surface area contributed by atoms with Crippen LogP contribution in [-0.2, 0) is 7.05 Å². The SMILES string of the molecule is CC(C)=CCNC(=O)c1c(N)cnn1C. The minimum atomic E-state index is -0.204. The molecule has 15 heavy (non-hydrogen) atoms. The molecule has 5 nitrogen and oxygen atoms in total. The first-order chi connectivity index (χ1) is 7.02. The number of aryl methyl sites for hydroxylation is 1. The zero-order chi connectivity index (χ0) is 11.4. The highest BCUT2D eigenvalue weighted by Crippen LogP contribution is 2.08. The van der Waals surface area contributed by atoms with E-state index in [0.717, 1.165) is 5.57 Å². The quantitative estimate of drug-likeness (QED) is 0.718. The smallest absolute Gasteiger partial charge is 0.271 e. The molecule has 0 aliphatic carbocycles. The first kappa shape index (κ1) is 11.3. The molecule has 0 saturated carbocycles. The van der Waals surface area contributed by atoms with Crippen molar-refractivity contribution in [1.82, 2.24) is 15.1 Å². The van der Waals surface area contributed by atoms with Crippen molar-refractivity contribution in [2.24, 2.45) is 7.05 Å². The van der Waals surface area contributed by atoms with Crippen LogP contribution in [0.25, 0.3) is 0 Å². The van der Waals surface area contributed by atoms with Crippen molar-refractivity contribution in [3.05, 3.63) is 23.5 Å². The second-order valence-electron chi connectivity index (χ2n) is 3.56. The number of carbonyl (C=O) groups excluding carboxylic acids is 1. The number of nitrogen functional groups attached to an aromatic ring is 1. The van der Waals surface area contributed by atoms with Crippen LogP contribution >= 0.6 is 0 Å². The number of nitrogens with two attached hydrogens (primary N) is 1. The van der Waals surface area contributed by atoms with Crippen LogP contribution in [0.15, 0.2) is 17.8 Å². The van der Waals surface area contributed by atoms with Gasteiger partial charge in [0, 0.05) is 13.6 Å². The minimum Gasteiger partial charge on any atom is -0.396 e. The summed E-state index contributed by atoms with van der Waals surface area (Å²) < 4.78 is 1.47. The number of allylic oxidation sites excluding steroid dienone is 1. The largest absolute Gasteiger partial charge is 0.396 e. The van der Waals surface area contributed by atoms with Gasteiger partial charge in [-0.3, -0.25) is 9.48 Å². The molecule has 0 radical (unpaired) electrons. The molecule has 0 aliphatic rings. The molecule has 1 aromatic heterocycles. The highest BCUT2D eigenvalue weighted by atomic mass is 16.2. The molecule has 0 spiro atoms. The molecule has 1 heterocycles. The third kappa shape index (κ3) is 2.83. The lowest BCUT2D eigenvalue weighted by Crippen LogP contribution is -2.26. The van der Waals surface area contributed by atoms with Gasteiger partial charge < -0.3 is 11.1 Å². The third-order valence-corrected chi connectivity index (χ3v) is 1.96. The van der Waals surface area contributed by atoms with E-state index in [1.54, 1.807) is 7.05 Å². The van der Waals surface area contributed by atoms with E-state index < -0.39 is 0 Å². The molecule has 0 saturated heterocycles. The van der Waals surface area contributed by atoms with E-state index in [9.17, 15) is 4.79 Å². The van der Waals surface area contributed by atoms with Gasteiger partial charge >= 0.3 is 0 Å². The fourth-order valence-corrected chi connectivity index (χ4v) is 1.16. The lowest BCUT2D eigenvalue weighted by atomic mass is 10.3. The van der Waals surface area contributed by atoms with Crippen molar-refractivity contribution in [2.45, 2.75) is 13.8 Å². The minimum absolute atomic E-state index is 0.204. The second-order valence-corrected chi connectivity index (χ2v) is 3.56. The van der Waals surface area contributed by atoms with Gasteiger partial charge in [-0.15, -0.1) is 0 Å². The summed E-state index contributed by atoms with van der Waals surface area (Å²) in [5.41, 5.74) is 7.57. The van der Waals surface area contributed by atoms with Gasteiger partial charge in [-0.05, 0) is 13.8 Å². The van der Waals surface area contributed by atoms with Gasteiger partial charge in [0.1, 0.15) is 5.69 Å². The molecule has 0 aliphatic heterocycles. The lowest BCUT2D eigenvalue weighted by molar-refractivity contribution is 0.0949. The maximum atomic E-state index is 11.6. The molecule has 0 atom stereocenters. The molecular weight excluding hydrogens is 192 g/mol. The highest BCUT2D eigenvalue weighted by molar-refractivity contribution is 5.97. The zero-order valence-electron chi connectivity index (χ0n) is 9.24.